The van der Waals surface area contributed by atoms with Gasteiger partial charge in [0.1, 0.15) is 11.8 Å². The number of aliphatic hydroxyl groups excluding tert-OH is 1. The quantitative estimate of drug-likeness (QED) is 0.753. The van der Waals surface area contributed by atoms with E-state index in [2.05, 4.69) is 5.48 Å². The van der Waals surface area contributed by atoms with Gasteiger partial charge in [-0.15, -0.1) is 0 Å². The van der Waals surface area contributed by atoms with Crippen molar-refractivity contribution in [1.82, 2.24) is 10.4 Å². The molecular formula is C20H22N2O5. The second kappa shape index (κ2) is 8.66. The Kier molecular flexibility index (Phi) is 6.05. The first-order valence-electron chi connectivity index (χ1n) is 8.69. The molecule has 0 spiro atoms. The van der Waals surface area contributed by atoms with E-state index in [1.165, 1.54) is 4.90 Å². The number of likely N-dealkylation sites (tertiary alicyclic amines) is 1. The van der Waals surface area contributed by atoms with Gasteiger partial charge >= 0.3 is 0 Å². The minimum atomic E-state index is -0.990. The fourth-order valence-electron chi connectivity index (χ4n) is 3.04. The molecule has 3 rings (SSSR count). The third-order valence-electron chi connectivity index (χ3n) is 4.49. The van der Waals surface area contributed by atoms with Crippen LogP contribution in [-0.2, 0) is 16.2 Å². The molecule has 1 heterocycles. The third-order valence-corrected chi connectivity index (χ3v) is 4.49. The SMILES string of the molecule is COc1ccc(C(=O)N2CC[C@@H](O)[C@@H]2C(=O)NOCc2ccccc2)cc1. The molecule has 7 nitrogen and oxygen atoms in total. The van der Waals surface area contributed by atoms with E-state index in [0.717, 1.165) is 5.56 Å². The molecule has 2 amide bonds. The van der Waals surface area contributed by atoms with Crippen LogP contribution in [0.15, 0.2) is 54.6 Å². The molecule has 2 N–H and O–H groups in total. The number of ether oxygens (including phenoxy) is 1. The Morgan fingerprint density at radius 2 is 1.85 bits per heavy atom. The minimum absolute atomic E-state index is 0.196. The van der Waals surface area contributed by atoms with E-state index in [0.29, 0.717) is 24.3 Å². The molecule has 1 saturated heterocycles. The Morgan fingerprint density at radius 1 is 1.15 bits per heavy atom. The van der Waals surface area contributed by atoms with Gasteiger partial charge < -0.3 is 14.7 Å². The van der Waals surface area contributed by atoms with Crippen molar-refractivity contribution in [3.8, 4) is 5.75 Å². The van der Waals surface area contributed by atoms with Gasteiger partial charge in [-0.2, -0.15) is 0 Å². The number of methoxy groups -OCH3 is 1. The second-order valence-electron chi connectivity index (χ2n) is 6.27. The Bertz CT molecular complexity index is 779. The van der Waals surface area contributed by atoms with Crippen LogP contribution in [0, 0.1) is 0 Å². The summed E-state index contributed by atoms with van der Waals surface area (Å²) in [5.41, 5.74) is 3.67. The highest BCUT2D eigenvalue weighted by Crippen LogP contribution is 2.22. The molecular weight excluding hydrogens is 348 g/mol. The largest absolute Gasteiger partial charge is 0.497 e. The number of hydrogen-bond donors (Lipinski definition) is 2. The number of amides is 2. The average molecular weight is 370 g/mol. The second-order valence-corrected chi connectivity index (χ2v) is 6.27. The maximum atomic E-state index is 12.8. The number of benzene rings is 2. The third kappa shape index (κ3) is 4.45. The van der Waals surface area contributed by atoms with Crippen LogP contribution >= 0.6 is 0 Å². The number of hydrogen-bond acceptors (Lipinski definition) is 5. The summed E-state index contributed by atoms with van der Waals surface area (Å²) in [5, 5.41) is 10.2. The molecule has 1 aliphatic rings. The Hall–Kier alpha value is -2.90. The van der Waals surface area contributed by atoms with Gasteiger partial charge in [0.15, 0.2) is 0 Å². The molecule has 0 aliphatic carbocycles. The lowest BCUT2D eigenvalue weighted by molar-refractivity contribution is -0.141. The Balaban J connectivity index is 1.63. The zero-order valence-corrected chi connectivity index (χ0v) is 15.0. The maximum Gasteiger partial charge on any atom is 0.269 e. The fraction of sp³-hybridized carbons (Fsp3) is 0.300. The molecule has 0 unspecified atom stereocenters. The van der Waals surface area contributed by atoms with Gasteiger partial charge in [-0.05, 0) is 36.2 Å². The Labute approximate surface area is 157 Å². The van der Waals surface area contributed by atoms with E-state index in [-0.39, 0.29) is 12.5 Å². The number of nitrogens with one attached hydrogen (secondary N) is 1. The predicted molar refractivity (Wildman–Crippen MR) is 97.8 cm³/mol. The predicted octanol–water partition coefficient (Wildman–Crippen LogP) is 1.52. The molecule has 27 heavy (non-hydrogen) atoms. The summed E-state index contributed by atoms with van der Waals surface area (Å²) in [6.45, 7) is 0.491. The molecule has 7 heteroatoms. The van der Waals surface area contributed by atoms with Crippen molar-refractivity contribution in [2.75, 3.05) is 13.7 Å². The lowest BCUT2D eigenvalue weighted by Crippen LogP contribution is -2.50. The van der Waals surface area contributed by atoms with Crippen molar-refractivity contribution in [2.45, 2.75) is 25.2 Å². The van der Waals surface area contributed by atoms with Crippen LogP contribution in [0.25, 0.3) is 0 Å². The summed E-state index contributed by atoms with van der Waals surface area (Å²) in [4.78, 5) is 31.8. The van der Waals surface area contributed by atoms with Crippen LogP contribution < -0.4 is 10.2 Å². The Morgan fingerprint density at radius 3 is 2.52 bits per heavy atom. The lowest BCUT2D eigenvalue weighted by Gasteiger charge is -2.25. The smallest absolute Gasteiger partial charge is 0.269 e. The van der Waals surface area contributed by atoms with Crippen LogP contribution in [0.1, 0.15) is 22.3 Å². The van der Waals surface area contributed by atoms with Crippen molar-refractivity contribution in [1.29, 1.82) is 0 Å². The summed E-state index contributed by atoms with van der Waals surface area (Å²) >= 11 is 0. The number of carbonyl (C=O) groups excluding carboxylic acids is 2. The molecule has 2 aromatic carbocycles. The molecule has 0 saturated carbocycles. The van der Waals surface area contributed by atoms with Gasteiger partial charge in [0.2, 0.25) is 0 Å². The number of carbonyl (C=O) groups is 2. The number of nitrogens with zero attached hydrogens (tertiary/aromatic N) is 1. The highest BCUT2D eigenvalue weighted by molar-refractivity contribution is 5.98. The molecule has 2 atom stereocenters. The van der Waals surface area contributed by atoms with Crippen molar-refractivity contribution in [3.05, 3.63) is 65.7 Å². The van der Waals surface area contributed by atoms with Crippen molar-refractivity contribution in [2.24, 2.45) is 0 Å². The zero-order chi connectivity index (χ0) is 19.2. The first-order valence-corrected chi connectivity index (χ1v) is 8.69. The highest BCUT2D eigenvalue weighted by Gasteiger charge is 2.41. The van der Waals surface area contributed by atoms with E-state index in [4.69, 9.17) is 9.57 Å². The topological polar surface area (TPSA) is 88.1 Å². The van der Waals surface area contributed by atoms with Crippen LogP contribution in [0.5, 0.6) is 5.75 Å². The lowest BCUT2D eigenvalue weighted by atomic mass is 10.1. The summed E-state index contributed by atoms with van der Waals surface area (Å²) in [6, 6.07) is 15.0. The van der Waals surface area contributed by atoms with Gasteiger partial charge in [0.05, 0.1) is 19.8 Å². The summed E-state index contributed by atoms with van der Waals surface area (Å²) in [7, 11) is 1.55. The van der Waals surface area contributed by atoms with E-state index in [1.807, 2.05) is 30.3 Å². The van der Waals surface area contributed by atoms with E-state index < -0.39 is 18.1 Å². The summed E-state index contributed by atoms with van der Waals surface area (Å²) < 4.78 is 5.09. The molecule has 1 aliphatic heterocycles. The van der Waals surface area contributed by atoms with Crippen molar-refractivity contribution < 1.29 is 24.3 Å². The maximum absolute atomic E-state index is 12.8. The first kappa shape index (κ1) is 18.9. The standard InChI is InChI=1S/C20H22N2O5/c1-26-16-9-7-15(8-10-16)20(25)22-12-11-17(23)18(22)19(24)21-27-13-14-5-3-2-4-6-14/h2-10,17-18,23H,11-13H2,1H3,(H,21,24)/t17-,18-/m1/s1. The minimum Gasteiger partial charge on any atom is -0.497 e. The molecule has 1 fully saturated rings. The summed E-state index contributed by atoms with van der Waals surface area (Å²) in [5.74, 6) is -0.230. The van der Waals surface area contributed by atoms with E-state index >= 15 is 0 Å². The van der Waals surface area contributed by atoms with Gasteiger partial charge in [-0.1, -0.05) is 30.3 Å². The number of rotatable bonds is 6. The summed E-state index contributed by atoms with van der Waals surface area (Å²) in [6.07, 6.45) is -0.605. The van der Waals surface area contributed by atoms with E-state index in [1.54, 1.807) is 31.4 Å². The molecule has 0 bridgehead atoms. The van der Waals surface area contributed by atoms with Crippen LogP contribution in [0.2, 0.25) is 0 Å². The molecule has 2 aromatic rings. The van der Waals surface area contributed by atoms with Gasteiger partial charge in [-0.25, -0.2) is 5.48 Å². The van der Waals surface area contributed by atoms with Crippen molar-refractivity contribution >= 4 is 11.8 Å². The van der Waals surface area contributed by atoms with Gasteiger partial charge in [-0.3, -0.25) is 14.4 Å². The average Bonchev–Trinajstić information content (AvgIpc) is 3.09. The zero-order valence-electron chi connectivity index (χ0n) is 15.0. The highest BCUT2D eigenvalue weighted by atomic mass is 16.7. The molecule has 142 valence electrons. The fourth-order valence-corrected chi connectivity index (χ4v) is 3.04. The normalized spacial score (nSPS) is 19.0. The van der Waals surface area contributed by atoms with Crippen LogP contribution in [0.4, 0.5) is 0 Å². The molecule has 0 aromatic heterocycles. The van der Waals surface area contributed by atoms with Crippen LogP contribution in [-0.4, -0.2) is 47.6 Å². The first-order chi connectivity index (χ1) is 13.1. The molecule has 0 radical (unpaired) electrons. The number of hydroxylamine groups is 1. The van der Waals surface area contributed by atoms with Gasteiger partial charge in [0, 0.05) is 12.1 Å². The van der Waals surface area contributed by atoms with E-state index in [9.17, 15) is 14.7 Å². The van der Waals surface area contributed by atoms with Gasteiger partial charge in [0.25, 0.3) is 11.8 Å². The van der Waals surface area contributed by atoms with Crippen molar-refractivity contribution in [3.63, 3.8) is 0 Å². The van der Waals surface area contributed by atoms with Crippen LogP contribution in [0.3, 0.4) is 0 Å². The monoisotopic (exact) mass is 370 g/mol. The number of aliphatic hydroxyl groups is 1.